The Morgan fingerprint density at radius 2 is 1.73 bits per heavy atom. The third kappa shape index (κ3) is 4.52. The van der Waals surface area contributed by atoms with Crippen LogP contribution in [0.15, 0.2) is 67.0 Å². The number of hydrogen-bond donors (Lipinski definition) is 1. The average molecular weight is 369 g/mol. The van der Waals surface area contributed by atoms with Crippen molar-refractivity contribution < 1.29 is 14.3 Å². The first-order chi connectivity index (χ1) is 12.7. The largest absolute Gasteiger partial charge is 0.494 e. The summed E-state index contributed by atoms with van der Waals surface area (Å²) in [5, 5.41) is 3.31. The lowest BCUT2D eigenvalue weighted by Gasteiger charge is -2.13. The van der Waals surface area contributed by atoms with Crippen molar-refractivity contribution in [3.8, 4) is 17.2 Å². The molecule has 0 radical (unpaired) electrons. The number of anilines is 1. The number of halogens is 1. The zero-order chi connectivity index (χ0) is 18.4. The molecule has 5 nitrogen and oxygen atoms in total. The molecule has 0 unspecified atom stereocenters. The number of pyridine rings is 1. The molecule has 2 aromatic carbocycles. The molecule has 1 N–H and O–H groups in total. The lowest BCUT2D eigenvalue weighted by Crippen LogP contribution is -2.12. The molecule has 0 fully saturated rings. The summed E-state index contributed by atoms with van der Waals surface area (Å²) >= 11 is 6.07. The van der Waals surface area contributed by atoms with Crippen molar-refractivity contribution in [3.05, 3.63) is 77.6 Å². The molecule has 0 bridgehead atoms. The first-order valence-electron chi connectivity index (χ1n) is 8.07. The summed E-state index contributed by atoms with van der Waals surface area (Å²) in [5.41, 5.74) is 0.972. The first-order valence-corrected chi connectivity index (χ1v) is 8.45. The van der Waals surface area contributed by atoms with Crippen molar-refractivity contribution in [2.45, 2.75) is 6.92 Å². The van der Waals surface area contributed by atoms with Gasteiger partial charge in [0.2, 0.25) is 0 Å². The van der Waals surface area contributed by atoms with Crippen molar-refractivity contribution in [3.63, 3.8) is 0 Å². The van der Waals surface area contributed by atoms with Gasteiger partial charge in [0.05, 0.1) is 12.3 Å². The highest BCUT2D eigenvalue weighted by atomic mass is 35.5. The monoisotopic (exact) mass is 368 g/mol. The highest BCUT2D eigenvalue weighted by Crippen LogP contribution is 2.33. The van der Waals surface area contributed by atoms with Crippen molar-refractivity contribution in [2.75, 3.05) is 11.9 Å². The van der Waals surface area contributed by atoms with Crippen molar-refractivity contribution >= 4 is 23.2 Å². The van der Waals surface area contributed by atoms with Crippen LogP contribution < -0.4 is 14.8 Å². The van der Waals surface area contributed by atoms with E-state index in [1.54, 1.807) is 54.9 Å². The second-order valence-electron chi connectivity index (χ2n) is 5.34. The van der Waals surface area contributed by atoms with Crippen LogP contribution in [0.25, 0.3) is 0 Å². The highest BCUT2D eigenvalue weighted by Gasteiger charge is 2.11. The number of hydrogen-bond acceptors (Lipinski definition) is 4. The molecule has 0 saturated heterocycles. The van der Waals surface area contributed by atoms with Gasteiger partial charge in [-0.25, -0.2) is 0 Å². The fourth-order valence-electron chi connectivity index (χ4n) is 2.28. The Morgan fingerprint density at radius 3 is 2.42 bits per heavy atom. The van der Waals surface area contributed by atoms with Crippen LogP contribution in [0.4, 0.5) is 5.69 Å². The Hall–Kier alpha value is -3.05. The van der Waals surface area contributed by atoms with Gasteiger partial charge in [-0.05, 0) is 61.5 Å². The van der Waals surface area contributed by atoms with E-state index in [1.807, 2.05) is 19.1 Å². The summed E-state index contributed by atoms with van der Waals surface area (Å²) in [6.07, 6.45) is 3.12. The number of benzene rings is 2. The number of rotatable bonds is 6. The SMILES string of the molecule is CCOc1ccc(Oc2ccc(Cl)cc2NC(=O)c2ccncc2)cc1. The van der Waals surface area contributed by atoms with E-state index in [0.29, 0.717) is 34.4 Å². The van der Waals surface area contributed by atoms with Crippen molar-refractivity contribution in [2.24, 2.45) is 0 Å². The van der Waals surface area contributed by atoms with Crippen molar-refractivity contribution in [1.82, 2.24) is 4.98 Å². The fourth-order valence-corrected chi connectivity index (χ4v) is 2.46. The second kappa shape index (κ2) is 8.36. The van der Waals surface area contributed by atoms with Gasteiger partial charge in [0.15, 0.2) is 5.75 Å². The molecule has 0 aliphatic heterocycles. The van der Waals surface area contributed by atoms with Crippen molar-refractivity contribution in [1.29, 1.82) is 0 Å². The molecule has 0 spiro atoms. The van der Waals surface area contributed by atoms with E-state index in [1.165, 1.54) is 0 Å². The smallest absolute Gasteiger partial charge is 0.255 e. The highest BCUT2D eigenvalue weighted by molar-refractivity contribution is 6.31. The molecule has 26 heavy (non-hydrogen) atoms. The van der Waals surface area contributed by atoms with Gasteiger partial charge in [-0.15, -0.1) is 0 Å². The van der Waals surface area contributed by atoms with Crippen LogP contribution in [-0.4, -0.2) is 17.5 Å². The van der Waals surface area contributed by atoms with E-state index in [2.05, 4.69) is 10.3 Å². The quantitative estimate of drug-likeness (QED) is 0.651. The zero-order valence-electron chi connectivity index (χ0n) is 14.1. The van der Waals surface area contributed by atoms with E-state index in [9.17, 15) is 4.79 Å². The van der Waals surface area contributed by atoms with Gasteiger partial charge in [-0.1, -0.05) is 11.6 Å². The van der Waals surface area contributed by atoms with Crippen LogP contribution >= 0.6 is 11.6 Å². The predicted octanol–water partition coefficient (Wildman–Crippen LogP) is 5.18. The summed E-state index contributed by atoms with van der Waals surface area (Å²) in [5.74, 6) is 1.60. The topological polar surface area (TPSA) is 60.5 Å². The molecule has 1 heterocycles. The maximum atomic E-state index is 12.4. The Bertz CT molecular complexity index is 883. The number of ether oxygens (including phenoxy) is 2. The van der Waals surface area contributed by atoms with Crippen LogP contribution in [0.5, 0.6) is 17.2 Å². The van der Waals surface area contributed by atoms with Gasteiger partial charge >= 0.3 is 0 Å². The minimum Gasteiger partial charge on any atom is -0.494 e. The third-order valence-corrected chi connectivity index (χ3v) is 3.73. The second-order valence-corrected chi connectivity index (χ2v) is 5.77. The molecule has 3 aromatic rings. The minimum absolute atomic E-state index is 0.272. The molecule has 132 valence electrons. The lowest BCUT2D eigenvalue weighted by atomic mass is 10.2. The number of nitrogens with one attached hydrogen (secondary N) is 1. The van der Waals surface area contributed by atoms with Crippen LogP contribution in [0.1, 0.15) is 17.3 Å². The molecule has 0 saturated carbocycles. The van der Waals surface area contributed by atoms with Gasteiger partial charge in [0.25, 0.3) is 5.91 Å². The first kappa shape index (κ1) is 17.8. The number of carbonyl (C=O) groups is 1. The lowest BCUT2D eigenvalue weighted by molar-refractivity contribution is 0.102. The van der Waals surface area contributed by atoms with Gasteiger partial charge in [-0.2, -0.15) is 0 Å². The Labute approximate surface area is 156 Å². The normalized spacial score (nSPS) is 10.2. The van der Waals surface area contributed by atoms with Crippen LogP contribution in [0.2, 0.25) is 5.02 Å². The summed E-state index contributed by atoms with van der Waals surface area (Å²) in [4.78, 5) is 16.3. The molecule has 0 aliphatic rings. The maximum absolute atomic E-state index is 12.4. The van der Waals surface area contributed by atoms with Crippen LogP contribution in [0.3, 0.4) is 0 Å². The summed E-state index contributed by atoms with van der Waals surface area (Å²) in [6, 6.07) is 15.6. The van der Waals surface area contributed by atoms with Gasteiger partial charge in [0, 0.05) is 23.0 Å². The predicted molar refractivity (Wildman–Crippen MR) is 101 cm³/mol. The van der Waals surface area contributed by atoms with Gasteiger partial charge < -0.3 is 14.8 Å². The standard InChI is InChI=1S/C20H17ClN2O3/c1-2-25-16-4-6-17(7-5-16)26-19-8-3-15(21)13-18(19)23-20(24)14-9-11-22-12-10-14/h3-13H,2H2,1H3,(H,23,24). The van der Waals surface area contributed by atoms with E-state index in [4.69, 9.17) is 21.1 Å². The summed E-state index contributed by atoms with van der Waals surface area (Å²) in [7, 11) is 0. The average Bonchev–Trinajstić information content (AvgIpc) is 2.66. The fraction of sp³-hybridized carbons (Fsp3) is 0.100. The molecule has 0 aliphatic carbocycles. The number of aromatic nitrogens is 1. The molecular formula is C20H17ClN2O3. The maximum Gasteiger partial charge on any atom is 0.255 e. The van der Waals surface area contributed by atoms with Crippen LogP contribution in [-0.2, 0) is 0 Å². The minimum atomic E-state index is -0.272. The number of nitrogens with zero attached hydrogens (tertiary/aromatic N) is 1. The van der Waals surface area contributed by atoms with E-state index in [0.717, 1.165) is 5.75 Å². The van der Waals surface area contributed by atoms with Gasteiger partial charge in [-0.3, -0.25) is 9.78 Å². The molecule has 3 rings (SSSR count). The Balaban J connectivity index is 1.80. The number of carbonyl (C=O) groups excluding carboxylic acids is 1. The van der Waals surface area contributed by atoms with E-state index < -0.39 is 0 Å². The third-order valence-electron chi connectivity index (χ3n) is 3.49. The summed E-state index contributed by atoms with van der Waals surface area (Å²) in [6.45, 7) is 2.53. The van der Waals surface area contributed by atoms with E-state index >= 15 is 0 Å². The Morgan fingerprint density at radius 1 is 1.04 bits per heavy atom. The van der Waals surface area contributed by atoms with Crippen LogP contribution in [0, 0.1) is 0 Å². The van der Waals surface area contributed by atoms with Gasteiger partial charge in [0.1, 0.15) is 11.5 Å². The molecule has 1 aromatic heterocycles. The molecule has 0 atom stereocenters. The molecule has 1 amide bonds. The molecular weight excluding hydrogens is 352 g/mol. The number of amides is 1. The zero-order valence-corrected chi connectivity index (χ0v) is 14.9. The molecule has 6 heteroatoms. The Kier molecular flexibility index (Phi) is 5.71. The van der Waals surface area contributed by atoms with E-state index in [-0.39, 0.29) is 5.91 Å². The summed E-state index contributed by atoms with van der Waals surface area (Å²) < 4.78 is 11.3.